The number of hydrogen-bond acceptors (Lipinski definition) is 0. The normalized spacial score (nSPS) is 11.5. The van der Waals surface area contributed by atoms with Gasteiger partial charge in [0.05, 0.1) is 0 Å². The van der Waals surface area contributed by atoms with E-state index in [0.29, 0.717) is 0 Å². The van der Waals surface area contributed by atoms with Gasteiger partial charge in [-0.1, -0.05) is 61.5 Å². The molecule has 0 saturated heterocycles. The first kappa shape index (κ1) is 16.5. The molecular formula is C24H26. The topological polar surface area (TPSA) is 0 Å². The number of rotatable bonds is 3. The van der Waals surface area contributed by atoms with Crippen LogP contribution in [0.15, 0.2) is 48.5 Å². The third kappa shape index (κ3) is 2.67. The Kier molecular flexibility index (Phi) is 4.57. The van der Waals surface area contributed by atoms with Crippen molar-refractivity contribution in [1.82, 2.24) is 0 Å². The summed E-state index contributed by atoms with van der Waals surface area (Å²) in [4.78, 5) is 0. The summed E-state index contributed by atoms with van der Waals surface area (Å²) in [5.41, 5.74) is 9.62. The van der Waals surface area contributed by atoms with Crippen molar-refractivity contribution in [3.63, 3.8) is 0 Å². The van der Waals surface area contributed by atoms with Crippen LogP contribution in [0.4, 0.5) is 0 Å². The second-order valence-corrected chi connectivity index (χ2v) is 6.60. The van der Waals surface area contributed by atoms with Gasteiger partial charge in [0.2, 0.25) is 0 Å². The summed E-state index contributed by atoms with van der Waals surface area (Å²) in [5.74, 6) is 0. The highest BCUT2D eigenvalue weighted by Gasteiger charge is 2.15. The minimum Gasteiger partial charge on any atom is -0.0870 e. The van der Waals surface area contributed by atoms with Gasteiger partial charge in [-0.2, -0.15) is 0 Å². The third-order valence-electron chi connectivity index (χ3n) is 5.05. The Balaban J connectivity index is 2.44. The van der Waals surface area contributed by atoms with Crippen molar-refractivity contribution >= 4 is 16.8 Å². The van der Waals surface area contributed by atoms with E-state index in [-0.39, 0.29) is 0 Å². The Labute approximate surface area is 145 Å². The molecule has 122 valence electrons. The summed E-state index contributed by atoms with van der Waals surface area (Å²) >= 11 is 0. The molecule has 0 heteroatoms. The van der Waals surface area contributed by atoms with Crippen LogP contribution in [0.1, 0.15) is 41.7 Å². The first-order valence-corrected chi connectivity index (χ1v) is 8.83. The van der Waals surface area contributed by atoms with Crippen molar-refractivity contribution in [3.8, 4) is 11.1 Å². The van der Waals surface area contributed by atoms with Crippen LogP contribution in [0.2, 0.25) is 0 Å². The molecule has 3 aromatic carbocycles. The van der Waals surface area contributed by atoms with E-state index in [1.165, 1.54) is 49.7 Å². The van der Waals surface area contributed by atoms with E-state index in [2.05, 4.69) is 89.2 Å². The quantitative estimate of drug-likeness (QED) is 0.487. The van der Waals surface area contributed by atoms with Crippen LogP contribution in [0.5, 0.6) is 0 Å². The van der Waals surface area contributed by atoms with Crippen LogP contribution >= 0.6 is 0 Å². The summed E-state index contributed by atoms with van der Waals surface area (Å²) in [5, 5.41) is 2.72. The maximum atomic E-state index is 2.37. The SMILES string of the molecule is C/C=C\c1c(C)ccc(CC)c1-c1cc(C)c2ccccc2c1C. The van der Waals surface area contributed by atoms with Gasteiger partial charge in [-0.25, -0.2) is 0 Å². The van der Waals surface area contributed by atoms with Gasteiger partial charge in [0.15, 0.2) is 0 Å². The summed E-state index contributed by atoms with van der Waals surface area (Å²) in [6.45, 7) is 11.0. The average Bonchev–Trinajstić information content (AvgIpc) is 2.60. The van der Waals surface area contributed by atoms with Gasteiger partial charge in [0.25, 0.3) is 0 Å². The number of benzene rings is 3. The molecule has 0 bridgehead atoms. The number of hydrogen-bond donors (Lipinski definition) is 0. The molecule has 3 aromatic rings. The summed E-state index contributed by atoms with van der Waals surface area (Å²) < 4.78 is 0. The zero-order chi connectivity index (χ0) is 17.3. The lowest BCUT2D eigenvalue weighted by molar-refractivity contribution is 1.13. The van der Waals surface area contributed by atoms with Crippen molar-refractivity contribution in [3.05, 3.63) is 76.4 Å². The molecule has 0 heterocycles. The van der Waals surface area contributed by atoms with Crippen molar-refractivity contribution in [2.24, 2.45) is 0 Å². The maximum absolute atomic E-state index is 2.37. The first-order chi connectivity index (χ1) is 11.6. The Hall–Kier alpha value is -2.34. The smallest absolute Gasteiger partial charge is 0.00739 e. The van der Waals surface area contributed by atoms with Gasteiger partial charge in [0, 0.05) is 0 Å². The van der Waals surface area contributed by atoms with Crippen LogP contribution in [0.3, 0.4) is 0 Å². The average molecular weight is 314 g/mol. The fraction of sp³-hybridized carbons (Fsp3) is 0.250. The van der Waals surface area contributed by atoms with Crippen molar-refractivity contribution in [1.29, 1.82) is 0 Å². The van der Waals surface area contributed by atoms with Crippen LogP contribution in [0, 0.1) is 20.8 Å². The van der Waals surface area contributed by atoms with Crippen LogP contribution in [0.25, 0.3) is 28.0 Å². The summed E-state index contributed by atoms with van der Waals surface area (Å²) in [6, 6.07) is 15.7. The van der Waals surface area contributed by atoms with Gasteiger partial charge >= 0.3 is 0 Å². The second-order valence-electron chi connectivity index (χ2n) is 6.60. The Morgan fingerprint density at radius 1 is 0.875 bits per heavy atom. The molecule has 0 atom stereocenters. The zero-order valence-corrected chi connectivity index (χ0v) is 15.4. The molecule has 0 fully saturated rings. The largest absolute Gasteiger partial charge is 0.0870 e. The highest BCUT2D eigenvalue weighted by atomic mass is 14.2. The predicted molar refractivity (Wildman–Crippen MR) is 108 cm³/mol. The summed E-state index contributed by atoms with van der Waals surface area (Å²) in [6.07, 6.45) is 5.45. The van der Waals surface area contributed by atoms with Crippen molar-refractivity contribution in [2.75, 3.05) is 0 Å². The molecule has 24 heavy (non-hydrogen) atoms. The zero-order valence-electron chi connectivity index (χ0n) is 15.4. The minimum absolute atomic E-state index is 1.05. The fourth-order valence-corrected chi connectivity index (χ4v) is 3.72. The number of allylic oxidation sites excluding steroid dienone is 1. The highest BCUT2D eigenvalue weighted by Crippen LogP contribution is 2.37. The third-order valence-corrected chi connectivity index (χ3v) is 5.05. The van der Waals surface area contributed by atoms with E-state index < -0.39 is 0 Å². The molecule has 0 N–H and O–H groups in total. The van der Waals surface area contributed by atoms with Crippen LogP contribution in [-0.2, 0) is 6.42 Å². The van der Waals surface area contributed by atoms with E-state index >= 15 is 0 Å². The molecule has 0 aliphatic rings. The lowest BCUT2D eigenvalue weighted by Gasteiger charge is -2.19. The lowest BCUT2D eigenvalue weighted by Crippen LogP contribution is -1.98. The molecule has 0 spiro atoms. The van der Waals surface area contributed by atoms with Gasteiger partial charge in [-0.15, -0.1) is 0 Å². The second kappa shape index (κ2) is 6.65. The monoisotopic (exact) mass is 314 g/mol. The van der Waals surface area contributed by atoms with E-state index in [4.69, 9.17) is 0 Å². The van der Waals surface area contributed by atoms with E-state index in [0.717, 1.165) is 6.42 Å². The molecule has 0 amide bonds. The molecule has 0 aromatic heterocycles. The van der Waals surface area contributed by atoms with Crippen molar-refractivity contribution in [2.45, 2.75) is 41.0 Å². The molecule has 0 aliphatic carbocycles. The van der Waals surface area contributed by atoms with E-state index in [1.807, 2.05) is 0 Å². The Morgan fingerprint density at radius 2 is 1.58 bits per heavy atom. The molecule has 0 radical (unpaired) electrons. The summed E-state index contributed by atoms with van der Waals surface area (Å²) in [7, 11) is 0. The standard InChI is InChI=1S/C24H26/c1-6-10-21-16(3)13-14-19(7-2)24(21)23-15-17(4)20-11-8-9-12-22(20)18(23)5/h6,8-15H,7H2,1-5H3/b10-6-. The molecule has 0 unspecified atom stereocenters. The van der Waals surface area contributed by atoms with Crippen LogP contribution in [-0.4, -0.2) is 0 Å². The molecule has 3 rings (SSSR count). The fourth-order valence-electron chi connectivity index (χ4n) is 3.72. The van der Waals surface area contributed by atoms with Crippen molar-refractivity contribution < 1.29 is 0 Å². The molecule has 0 nitrogen and oxygen atoms in total. The predicted octanol–water partition coefficient (Wildman–Crippen LogP) is 7.03. The maximum Gasteiger partial charge on any atom is -0.00739 e. The van der Waals surface area contributed by atoms with E-state index in [9.17, 15) is 0 Å². The van der Waals surface area contributed by atoms with Crippen LogP contribution < -0.4 is 0 Å². The molecule has 0 saturated carbocycles. The van der Waals surface area contributed by atoms with Gasteiger partial charge in [-0.3, -0.25) is 0 Å². The number of aryl methyl sites for hydroxylation is 4. The Bertz CT molecular complexity index is 926. The van der Waals surface area contributed by atoms with Gasteiger partial charge in [-0.05, 0) is 83.8 Å². The highest BCUT2D eigenvalue weighted by molar-refractivity contribution is 5.96. The minimum atomic E-state index is 1.05. The van der Waals surface area contributed by atoms with Gasteiger partial charge < -0.3 is 0 Å². The van der Waals surface area contributed by atoms with E-state index in [1.54, 1.807) is 0 Å². The molecule has 0 aliphatic heterocycles. The molecular weight excluding hydrogens is 288 g/mol. The van der Waals surface area contributed by atoms with Gasteiger partial charge in [0.1, 0.15) is 0 Å². The lowest BCUT2D eigenvalue weighted by atomic mass is 9.85. The number of fused-ring (bicyclic) bond motifs is 1. The first-order valence-electron chi connectivity index (χ1n) is 8.83. The Morgan fingerprint density at radius 3 is 2.25 bits per heavy atom.